The van der Waals surface area contributed by atoms with Crippen molar-refractivity contribution in [2.45, 2.75) is 31.8 Å². The van der Waals surface area contributed by atoms with E-state index in [4.69, 9.17) is 20.3 Å². The molecular weight excluding hydrogens is 305 g/mol. The zero-order valence-electron chi connectivity index (χ0n) is 11.1. The molecule has 0 amide bonds. The van der Waals surface area contributed by atoms with Gasteiger partial charge in [0.2, 0.25) is 0 Å². The summed E-state index contributed by atoms with van der Waals surface area (Å²) in [6.07, 6.45) is -1.26. The van der Waals surface area contributed by atoms with Crippen molar-refractivity contribution < 1.29 is 23.6 Å². The maximum atomic E-state index is 11.8. The number of nitrogens with two attached hydrogens (primary N) is 1. The number of phosphoric acid groups is 1. The van der Waals surface area contributed by atoms with E-state index in [1.165, 1.54) is 13.1 Å². The van der Waals surface area contributed by atoms with Crippen LogP contribution in [0.25, 0.3) is 0 Å². The highest BCUT2D eigenvalue weighted by Gasteiger charge is 2.40. The first-order chi connectivity index (χ1) is 9.71. The highest BCUT2D eigenvalue weighted by Crippen LogP contribution is 2.43. The van der Waals surface area contributed by atoms with Crippen molar-refractivity contribution in [3.05, 3.63) is 32.6 Å². The summed E-state index contributed by atoms with van der Waals surface area (Å²) in [7, 11) is -4.75. The average Bonchev–Trinajstić information content (AvgIpc) is 2.74. The second kappa shape index (κ2) is 5.84. The van der Waals surface area contributed by atoms with Crippen LogP contribution in [-0.2, 0) is 13.8 Å². The van der Waals surface area contributed by atoms with Crippen LogP contribution in [0.15, 0.2) is 15.8 Å². The molecule has 5 N–H and O–H groups in total. The van der Waals surface area contributed by atoms with Gasteiger partial charge in [-0.3, -0.25) is 18.9 Å². The molecule has 0 aromatic carbocycles. The number of aromatic nitrogens is 2. The fourth-order valence-corrected chi connectivity index (χ4v) is 2.70. The molecule has 1 fully saturated rings. The summed E-state index contributed by atoms with van der Waals surface area (Å²) in [5.41, 5.74) is 4.43. The topological polar surface area (TPSA) is 157 Å². The molecule has 1 saturated heterocycles. The Morgan fingerprint density at radius 2 is 2.24 bits per heavy atom. The van der Waals surface area contributed by atoms with Gasteiger partial charge in [0, 0.05) is 24.7 Å². The van der Waals surface area contributed by atoms with Crippen LogP contribution >= 0.6 is 7.82 Å². The number of ether oxygens (including phenoxy) is 1. The lowest BCUT2D eigenvalue weighted by molar-refractivity contribution is -0.0364. The molecule has 1 aliphatic rings. The van der Waals surface area contributed by atoms with Gasteiger partial charge >= 0.3 is 13.5 Å². The molecule has 21 heavy (non-hydrogen) atoms. The lowest BCUT2D eigenvalue weighted by atomic mass is 10.2. The molecule has 11 heteroatoms. The molecule has 1 aliphatic heterocycles. The van der Waals surface area contributed by atoms with Gasteiger partial charge in [-0.1, -0.05) is 0 Å². The van der Waals surface area contributed by atoms with E-state index in [9.17, 15) is 14.2 Å². The quantitative estimate of drug-likeness (QED) is 0.491. The number of phosphoric ester groups is 1. The first-order valence-corrected chi connectivity index (χ1v) is 7.66. The van der Waals surface area contributed by atoms with Crippen LogP contribution in [-0.4, -0.2) is 38.1 Å². The molecular formula is C10H16N3O7P. The van der Waals surface area contributed by atoms with Crippen LogP contribution in [0.2, 0.25) is 0 Å². The van der Waals surface area contributed by atoms with Gasteiger partial charge in [0.05, 0.1) is 6.10 Å². The fourth-order valence-electron chi connectivity index (χ4n) is 2.16. The maximum absolute atomic E-state index is 11.8. The molecule has 1 unspecified atom stereocenters. The van der Waals surface area contributed by atoms with E-state index in [1.807, 2.05) is 0 Å². The molecule has 0 aliphatic carbocycles. The minimum Gasteiger partial charge on any atom is -0.350 e. The highest BCUT2D eigenvalue weighted by atomic mass is 31.2. The molecule has 118 valence electrons. The Hall–Kier alpha value is -1.29. The first kappa shape index (κ1) is 16.1. The second-order valence-electron chi connectivity index (χ2n) is 4.73. The Labute approximate surface area is 118 Å². The lowest BCUT2D eigenvalue weighted by Crippen LogP contribution is -2.36. The van der Waals surface area contributed by atoms with Crippen molar-refractivity contribution in [1.29, 1.82) is 0 Å². The van der Waals surface area contributed by atoms with E-state index in [0.717, 1.165) is 4.57 Å². The third kappa shape index (κ3) is 3.67. The predicted molar refractivity (Wildman–Crippen MR) is 70.6 cm³/mol. The summed E-state index contributed by atoms with van der Waals surface area (Å²) in [5, 5.41) is 0. The van der Waals surface area contributed by atoms with Crippen LogP contribution in [0.1, 0.15) is 18.2 Å². The van der Waals surface area contributed by atoms with Gasteiger partial charge in [-0.2, -0.15) is 0 Å². The molecule has 2 heterocycles. The number of H-pyrrole nitrogens is 1. The smallest absolute Gasteiger partial charge is 0.350 e. The van der Waals surface area contributed by atoms with Crippen LogP contribution in [0.4, 0.5) is 0 Å². The van der Waals surface area contributed by atoms with E-state index in [-0.39, 0.29) is 18.5 Å². The van der Waals surface area contributed by atoms with Gasteiger partial charge in [0.15, 0.2) is 6.23 Å². The second-order valence-corrected chi connectivity index (χ2v) is 5.93. The van der Waals surface area contributed by atoms with E-state index in [1.54, 1.807) is 0 Å². The largest absolute Gasteiger partial charge is 0.470 e. The van der Waals surface area contributed by atoms with Crippen LogP contribution in [0, 0.1) is 6.92 Å². The Kier molecular flexibility index (Phi) is 4.47. The molecule has 1 aromatic rings. The highest BCUT2D eigenvalue weighted by molar-refractivity contribution is 7.46. The van der Waals surface area contributed by atoms with Gasteiger partial charge in [0.25, 0.3) is 5.56 Å². The Balaban J connectivity index is 2.39. The normalized spacial score (nSPS) is 26.2. The number of rotatable bonds is 4. The van der Waals surface area contributed by atoms with E-state index >= 15 is 0 Å². The number of hydrogen-bond acceptors (Lipinski definition) is 6. The molecule has 0 saturated carbocycles. The van der Waals surface area contributed by atoms with E-state index in [2.05, 4.69) is 9.51 Å². The van der Waals surface area contributed by atoms with Crippen molar-refractivity contribution in [3.63, 3.8) is 0 Å². The summed E-state index contributed by atoms with van der Waals surface area (Å²) < 4.78 is 22.2. The molecule has 3 atom stereocenters. The van der Waals surface area contributed by atoms with Crippen LogP contribution < -0.4 is 17.0 Å². The minimum atomic E-state index is -4.75. The monoisotopic (exact) mass is 321 g/mol. The predicted octanol–water partition coefficient (Wildman–Crippen LogP) is -1.43. The summed E-state index contributed by atoms with van der Waals surface area (Å²) in [4.78, 5) is 43.1. The molecule has 0 bridgehead atoms. The number of nitrogens with zero attached hydrogens (tertiary/aromatic N) is 1. The first-order valence-electron chi connectivity index (χ1n) is 6.13. The summed E-state index contributed by atoms with van der Waals surface area (Å²) in [5.74, 6) is 0. The van der Waals surface area contributed by atoms with E-state index < -0.39 is 37.5 Å². The Morgan fingerprint density at radius 1 is 1.57 bits per heavy atom. The summed E-state index contributed by atoms with van der Waals surface area (Å²) in [6, 6.07) is 0. The molecule has 2 rings (SSSR count). The molecule has 1 aromatic heterocycles. The Bertz CT molecular complexity index is 678. The molecule has 0 spiro atoms. The van der Waals surface area contributed by atoms with Crippen molar-refractivity contribution in [3.8, 4) is 0 Å². The third-order valence-electron chi connectivity index (χ3n) is 3.10. The van der Waals surface area contributed by atoms with Crippen molar-refractivity contribution in [2.75, 3.05) is 6.54 Å². The number of aryl methyl sites for hydroxylation is 1. The number of hydrogen-bond donors (Lipinski definition) is 4. The molecule has 10 nitrogen and oxygen atoms in total. The average molecular weight is 321 g/mol. The van der Waals surface area contributed by atoms with Crippen LogP contribution in [0.5, 0.6) is 0 Å². The fraction of sp³-hybridized carbons (Fsp3) is 0.600. The SMILES string of the molecule is Cc1cn([C@@H]2O[C@H](CN)CC2OP(=O)(O)O)c(=O)[nH]c1=O. The third-order valence-corrected chi connectivity index (χ3v) is 3.65. The minimum absolute atomic E-state index is 0.106. The van der Waals surface area contributed by atoms with Gasteiger partial charge in [0.1, 0.15) is 6.10 Å². The van der Waals surface area contributed by atoms with Crippen molar-refractivity contribution in [2.24, 2.45) is 5.73 Å². The van der Waals surface area contributed by atoms with Gasteiger partial charge < -0.3 is 20.3 Å². The van der Waals surface area contributed by atoms with Crippen LogP contribution in [0.3, 0.4) is 0 Å². The lowest BCUT2D eigenvalue weighted by Gasteiger charge is -2.21. The zero-order chi connectivity index (χ0) is 15.8. The van der Waals surface area contributed by atoms with Crippen molar-refractivity contribution >= 4 is 7.82 Å². The zero-order valence-corrected chi connectivity index (χ0v) is 12.0. The Morgan fingerprint density at radius 3 is 2.81 bits per heavy atom. The number of aromatic amines is 1. The van der Waals surface area contributed by atoms with E-state index in [0.29, 0.717) is 0 Å². The molecule has 0 radical (unpaired) electrons. The van der Waals surface area contributed by atoms with Crippen molar-refractivity contribution in [1.82, 2.24) is 9.55 Å². The maximum Gasteiger partial charge on any atom is 0.470 e. The standard InChI is InChI=1S/C10H16N3O7P/c1-5-4-13(10(15)12-8(5)14)9-7(20-21(16,17)18)2-6(3-11)19-9/h4,6-7,9H,2-3,11H2,1H3,(H,12,14,15)(H2,16,17,18)/t6-,7?,9+/m0/s1. The summed E-state index contributed by atoms with van der Waals surface area (Å²) >= 11 is 0. The van der Waals surface area contributed by atoms with Gasteiger partial charge in [-0.25, -0.2) is 9.36 Å². The summed E-state index contributed by atoms with van der Waals surface area (Å²) in [6.45, 7) is 1.59. The van der Waals surface area contributed by atoms with Gasteiger partial charge in [-0.15, -0.1) is 0 Å². The van der Waals surface area contributed by atoms with Gasteiger partial charge in [-0.05, 0) is 6.92 Å². The number of nitrogens with one attached hydrogen (secondary N) is 1.